The van der Waals surface area contributed by atoms with Crippen LogP contribution in [0.15, 0.2) is 29.1 Å². The molecule has 4 heteroatoms. The maximum Gasteiger partial charge on any atom is 0.271 e. The highest BCUT2D eigenvalue weighted by Crippen LogP contribution is 2.22. The molecule has 0 aliphatic heterocycles. The Balaban J connectivity index is 2.68. The van der Waals surface area contributed by atoms with Crippen LogP contribution in [0.5, 0.6) is 0 Å². The Bertz CT molecular complexity index is 631. The summed E-state index contributed by atoms with van der Waals surface area (Å²) in [5, 5.41) is 4.42. The van der Waals surface area contributed by atoms with E-state index in [-0.39, 0.29) is 12.1 Å². The summed E-state index contributed by atoms with van der Waals surface area (Å²) in [6.07, 6.45) is 0. The van der Waals surface area contributed by atoms with Gasteiger partial charge < -0.3 is 5.73 Å². The first-order valence-electron chi connectivity index (χ1n) is 6.45. The van der Waals surface area contributed by atoms with Crippen molar-refractivity contribution in [1.82, 2.24) is 9.78 Å². The van der Waals surface area contributed by atoms with Gasteiger partial charge in [-0.05, 0) is 38.5 Å². The van der Waals surface area contributed by atoms with Crippen LogP contribution in [0, 0.1) is 13.8 Å². The fourth-order valence-electron chi connectivity index (χ4n) is 2.10. The van der Waals surface area contributed by atoms with Gasteiger partial charge in [0.2, 0.25) is 0 Å². The van der Waals surface area contributed by atoms with E-state index in [2.05, 4.69) is 23.3 Å². The van der Waals surface area contributed by atoms with Gasteiger partial charge in [-0.1, -0.05) is 17.7 Å². The average Bonchev–Trinajstić information content (AvgIpc) is 2.42. The summed E-state index contributed by atoms with van der Waals surface area (Å²) in [6, 6.07) is 8.02. The third-order valence-electron chi connectivity index (χ3n) is 3.24. The van der Waals surface area contributed by atoms with Gasteiger partial charge in [0.15, 0.2) is 0 Å². The second kappa shape index (κ2) is 5.36. The molecule has 2 N–H and O–H groups in total. The number of benzene rings is 1. The minimum Gasteiger partial charge on any atom is -0.326 e. The lowest BCUT2D eigenvalue weighted by molar-refractivity contribution is 0.610. The molecule has 0 amide bonds. The Kier molecular flexibility index (Phi) is 3.81. The van der Waals surface area contributed by atoms with Gasteiger partial charge in [-0.15, -0.1) is 0 Å². The number of aryl methyl sites for hydroxylation is 3. The van der Waals surface area contributed by atoms with Crippen LogP contribution >= 0.6 is 0 Å². The first kappa shape index (κ1) is 13.5. The quantitative estimate of drug-likeness (QED) is 0.915. The molecule has 4 nitrogen and oxygen atoms in total. The molecule has 100 valence electrons. The van der Waals surface area contributed by atoms with Crippen molar-refractivity contribution in [2.75, 3.05) is 0 Å². The monoisotopic (exact) mass is 257 g/mol. The molecule has 2 rings (SSSR count). The lowest BCUT2D eigenvalue weighted by Crippen LogP contribution is -2.27. The highest BCUT2D eigenvalue weighted by atomic mass is 16.1. The zero-order valence-corrected chi connectivity index (χ0v) is 11.6. The number of nitrogens with zero attached hydrogens (tertiary/aromatic N) is 2. The molecule has 1 aromatic carbocycles. The van der Waals surface area contributed by atoms with E-state index < -0.39 is 0 Å². The molecule has 0 saturated carbocycles. The van der Waals surface area contributed by atoms with Crippen molar-refractivity contribution >= 4 is 0 Å². The van der Waals surface area contributed by atoms with Gasteiger partial charge in [0.1, 0.15) is 0 Å². The molecule has 0 saturated heterocycles. The standard InChI is InChI=1S/C15H19N3O/c1-4-18-15(19)12(9-16)8-14(17-18)13-7-10(2)5-6-11(13)3/h5-8H,4,9,16H2,1-3H3. The van der Waals surface area contributed by atoms with Crippen molar-refractivity contribution in [1.29, 1.82) is 0 Å². The molecule has 0 bridgehead atoms. The zero-order valence-electron chi connectivity index (χ0n) is 11.6. The van der Waals surface area contributed by atoms with Crippen molar-refractivity contribution < 1.29 is 0 Å². The minimum absolute atomic E-state index is 0.0981. The second-order valence-corrected chi connectivity index (χ2v) is 4.70. The van der Waals surface area contributed by atoms with E-state index in [1.807, 2.05) is 20.8 Å². The van der Waals surface area contributed by atoms with Crippen LogP contribution in [0.25, 0.3) is 11.3 Å². The molecule has 1 aromatic heterocycles. The second-order valence-electron chi connectivity index (χ2n) is 4.70. The van der Waals surface area contributed by atoms with Crippen molar-refractivity contribution in [2.45, 2.75) is 33.9 Å². The van der Waals surface area contributed by atoms with E-state index in [9.17, 15) is 4.79 Å². The molecule has 0 atom stereocenters. The van der Waals surface area contributed by atoms with Gasteiger partial charge in [-0.25, -0.2) is 4.68 Å². The van der Waals surface area contributed by atoms with Crippen molar-refractivity contribution in [3.05, 3.63) is 51.3 Å². The maximum atomic E-state index is 12.0. The maximum absolute atomic E-state index is 12.0. The summed E-state index contributed by atoms with van der Waals surface area (Å²) < 4.78 is 1.47. The Hall–Kier alpha value is -1.94. The fraction of sp³-hybridized carbons (Fsp3) is 0.333. The fourth-order valence-corrected chi connectivity index (χ4v) is 2.10. The molecule has 0 aliphatic rings. The number of rotatable bonds is 3. The molecule has 0 unspecified atom stereocenters. The molecule has 0 spiro atoms. The van der Waals surface area contributed by atoms with Gasteiger partial charge in [-0.3, -0.25) is 4.79 Å². The predicted octanol–water partition coefficient (Wildman–Crippen LogP) is 2.01. The lowest BCUT2D eigenvalue weighted by Gasteiger charge is -2.11. The van der Waals surface area contributed by atoms with Gasteiger partial charge in [0.25, 0.3) is 5.56 Å². The number of hydrogen-bond acceptors (Lipinski definition) is 3. The van der Waals surface area contributed by atoms with E-state index in [0.29, 0.717) is 12.1 Å². The van der Waals surface area contributed by atoms with E-state index in [1.54, 1.807) is 6.07 Å². The minimum atomic E-state index is -0.0981. The summed E-state index contributed by atoms with van der Waals surface area (Å²) >= 11 is 0. The summed E-state index contributed by atoms with van der Waals surface area (Å²) in [5.74, 6) is 0. The van der Waals surface area contributed by atoms with Gasteiger partial charge >= 0.3 is 0 Å². The molecule has 0 radical (unpaired) electrons. The van der Waals surface area contributed by atoms with E-state index >= 15 is 0 Å². The molecular formula is C15H19N3O. The van der Waals surface area contributed by atoms with Gasteiger partial charge in [0, 0.05) is 24.2 Å². The van der Waals surface area contributed by atoms with Crippen LogP contribution in [0.4, 0.5) is 0 Å². The summed E-state index contributed by atoms with van der Waals surface area (Å²) in [5.41, 5.74) is 10.3. The van der Waals surface area contributed by atoms with Crippen molar-refractivity contribution in [3.8, 4) is 11.3 Å². The van der Waals surface area contributed by atoms with Crippen LogP contribution in [-0.4, -0.2) is 9.78 Å². The lowest BCUT2D eigenvalue weighted by atomic mass is 10.0. The Morgan fingerprint density at radius 3 is 2.63 bits per heavy atom. The summed E-state index contributed by atoms with van der Waals surface area (Å²) in [7, 11) is 0. The van der Waals surface area contributed by atoms with Crippen molar-refractivity contribution in [2.24, 2.45) is 5.73 Å². The average molecular weight is 257 g/mol. The van der Waals surface area contributed by atoms with E-state index in [1.165, 1.54) is 10.2 Å². The van der Waals surface area contributed by atoms with Crippen LogP contribution in [0.1, 0.15) is 23.6 Å². The predicted molar refractivity (Wildman–Crippen MR) is 77.0 cm³/mol. The van der Waals surface area contributed by atoms with Crippen LogP contribution < -0.4 is 11.3 Å². The summed E-state index contributed by atoms with van der Waals surface area (Å²) in [4.78, 5) is 12.0. The van der Waals surface area contributed by atoms with E-state index in [4.69, 9.17) is 5.73 Å². The highest BCUT2D eigenvalue weighted by Gasteiger charge is 2.10. The van der Waals surface area contributed by atoms with Crippen LogP contribution in [0.3, 0.4) is 0 Å². The van der Waals surface area contributed by atoms with Crippen LogP contribution in [0.2, 0.25) is 0 Å². The normalized spacial score (nSPS) is 10.7. The third kappa shape index (κ3) is 2.58. The number of aromatic nitrogens is 2. The van der Waals surface area contributed by atoms with Crippen LogP contribution in [-0.2, 0) is 13.1 Å². The topological polar surface area (TPSA) is 60.9 Å². The van der Waals surface area contributed by atoms with E-state index in [0.717, 1.165) is 16.8 Å². The molecule has 19 heavy (non-hydrogen) atoms. The van der Waals surface area contributed by atoms with Gasteiger partial charge in [0.05, 0.1) is 5.69 Å². The number of hydrogen-bond donors (Lipinski definition) is 1. The molecule has 0 fully saturated rings. The van der Waals surface area contributed by atoms with Gasteiger partial charge in [-0.2, -0.15) is 5.10 Å². The molecular weight excluding hydrogens is 238 g/mol. The SMILES string of the molecule is CCn1nc(-c2cc(C)ccc2C)cc(CN)c1=O. The van der Waals surface area contributed by atoms with Crippen molar-refractivity contribution in [3.63, 3.8) is 0 Å². The summed E-state index contributed by atoms with van der Waals surface area (Å²) in [6.45, 7) is 6.77. The molecule has 0 aliphatic carbocycles. The highest BCUT2D eigenvalue weighted by molar-refractivity contribution is 5.64. The number of nitrogens with two attached hydrogens (primary N) is 1. The molecule has 2 aromatic rings. The first-order valence-corrected chi connectivity index (χ1v) is 6.45. The smallest absolute Gasteiger partial charge is 0.271 e. The largest absolute Gasteiger partial charge is 0.326 e. The Morgan fingerprint density at radius 2 is 2.00 bits per heavy atom. The third-order valence-corrected chi connectivity index (χ3v) is 3.24. The zero-order chi connectivity index (χ0) is 14.0. The molecule has 1 heterocycles. The Labute approximate surface area is 112 Å². The Morgan fingerprint density at radius 1 is 1.26 bits per heavy atom. The first-order chi connectivity index (χ1) is 9.06.